The van der Waals surface area contributed by atoms with Gasteiger partial charge in [0.1, 0.15) is 0 Å². The van der Waals surface area contributed by atoms with Gasteiger partial charge in [0.2, 0.25) is 5.91 Å². The highest BCUT2D eigenvalue weighted by Crippen LogP contribution is 2.38. The predicted molar refractivity (Wildman–Crippen MR) is 69.2 cm³/mol. The van der Waals surface area contributed by atoms with Gasteiger partial charge in [0, 0.05) is 26.2 Å². The summed E-state index contributed by atoms with van der Waals surface area (Å²) in [5.74, 6) is -0.204. The van der Waals surface area contributed by atoms with Gasteiger partial charge in [0.15, 0.2) is 5.60 Å². The van der Waals surface area contributed by atoms with E-state index in [9.17, 15) is 23.1 Å². The van der Waals surface area contributed by atoms with E-state index in [-0.39, 0.29) is 32.0 Å². The molecule has 0 aromatic rings. The Balaban J connectivity index is 2.49. The van der Waals surface area contributed by atoms with E-state index in [0.29, 0.717) is 13.1 Å². The van der Waals surface area contributed by atoms with Crippen molar-refractivity contribution >= 4 is 5.91 Å². The van der Waals surface area contributed by atoms with Crippen LogP contribution >= 0.6 is 0 Å². The standard InChI is InChI=1S/C13H20F3N3O2/c1-2-19(7-3-6-17)11(20)10-18-8-4-12(21,5-9-18)13(14,15)16/h21H,2-5,7-10H2,1H3. The minimum absolute atomic E-state index is 0.0210. The maximum Gasteiger partial charge on any atom is 0.417 e. The van der Waals surface area contributed by atoms with Gasteiger partial charge in [-0.05, 0) is 19.8 Å². The lowest BCUT2D eigenvalue weighted by molar-refractivity contribution is -0.272. The Hall–Kier alpha value is -1.33. The maximum absolute atomic E-state index is 12.7. The first-order valence-electron chi connectivity index (χ1n) is 6.89. The summed E-state index contributed by atoms with van der Waals surface area (Å²) in [5, 5.41) is 18.1. The van der Waals surface area contributed by atoms with Crippen LogP contribution in [0, 0.1) is 11.3 Å². The molecule has 1 saturated heterocycles. The Labute approximate surface area is 121 Å². The highest BCUT2D eigenvalue weighted by atomic mass is 19.4. The van der Waals surface area contributed by atoms with Crippen molar-refractivity contribution in [1.29, 1.82) is 5.26 Å². The van der Waals surface area contributed by atoms with Crippen LogP contribution in [0.2, 0.25) is 0 Å². The van der Waals surface area contributed by atoms with Gasteiger partial charge in [-0.2, -0.15) is 18.4 Å². The summed E-state index contributed by atoms with van der Waals surface area (Å²) in [5.41, 5.74) is -2.64. The molecule has 0 radical (unpaired) electrons. The fraction of sp³-hybridized carbons (Fsp3) is 0.846. The topological polar surface area (TPSA) is 67.6 Å². The number of hydrogen-bond donors (Lipinski definition) is 1. The van der Waals surface area contributed by atoms with Crippen molar-refractivity contribution in [3.8, 4) is 6.07 Å². The Morgan fingerprint density at radius 1 is 1.43 bits per heavy atom. The summed E-state index contributed by atoms with van der Waals surface area (Å²) in [6, 6.07) is 1.95. The summed E-state index contributed by atoms with van der Waals surface area (Å²) in [7, 11) is 0. The molecule has 1 heterocycles. The number of carbonyl (C=O) groups is 1. The van der Waals surface area contributed by atoms with Crippen molar-refractivity contribution in [1.82, 2.24) is 9.80 Å². The van der Waals surface area contributed by atoms with Gasteiger partial charge < -0.3 is 10.0 Å². The lowest BCUT2D eigenvalue weighted by Gasteiger charge is -2.39. The lowest BCUT2D eigenvalue weighted by Crippen LogP contribution is -2.54. The van der Waals surface area contributed by atoms with Crippen LogP contribution in [0.25, 0.3) is 0 Å². The van der Waals surface area contributed by atoms with Gasteiger partial charge in [0.05, 0.1) is 19.0 Å². The number of carbonyl (C=O) groups excluding carboxylic acids is 1. The first-order chi connectivity index (χ1) is 9.73. The zero-order valence-corrected chi connectivity index (χ0v) is 12.0. The van der Waals surface area contributed by atoms with E-state index in [1.54, 1.807) is 11.8 Å². The molecule has 0 bridgehead atoms. The average molecular weight is 307 g/mol. The number of nitrogens with zero attached hydrogens (tertiary/aromatic N) is 3. The third-order valence-corrected chi connectivity index (χ3v) is 3.80. The van der Waals surface area contributed by atoms with Crippen molar-refractivity contribution in [3.05, 3.63) is 0 Å². The van der Waals surface area contributed by atoms with E-state index < -0.39 is 24.6 Å². The third-order valence-electron chi connectivity index (χ3n) is 3.80. The summed E-state index contributed by atoms with van der Waals surface area (Å²) in [6.07, 6.45) is -5.25. The van der Waals surface area contributed by atoms with Crippen LogP contribution < -0.4 is 0 Å². The molecule has 1 aliphatic rings. The number of nitriles is 1. The molecule has 0 aromatic heterocycles. The second kappa shape index (κ2) is 7.09. The lowest BCUT2D eigenvalue weighted by atomic mass is 9.91. The zero-order valence-electron chi connectivity index (χ0n) is 12.0. The molecule has 1 fully saturated rings. The first-order valence-corrected chi connectivity index (χ1v) is 6.89. The predicted octanol–water partition coefficient (Wildman–Crippen LogP) is 1.14. The van der Waals surface area contributed by atoms with Crippen LogP contribution in [0.15, 0.2) is 0 Å². The number of piperidine rings is 1. The van der Waals surface area contributed by atoms with Gasteiger partial charge >= 0.3 is 6.18 Å². The summed E-state index contributed by atoms with van der Waals surface area (Å²) >= 11 is 0. The number of aliphatic hydroxyl groups is 1. The Bertz CT molecular complexity index is 398. The minimum atomic E-state index is -4.63. The molecular weight excluding hydrogens is 287 g/mol. The molecule has 5 nitrogen and oxygen atoms in total. The van der Waals surface area contributed by atoms with Crippen molar-refractivity contribution < 1.29 is 23.1 Å². The van der Waals surface area contributed by atoms with Crippen LogP contribution in [0.3, 0.4) is 0 Å². The minimum Gasteiger partial charge on any atom is -0.380 e. The molecule has 0 aromatic carbocycles. The molecule has 0 aliphatic carbocycles. The summed E-state index contributed by atoms with van der Waals surface area (Å²) in [4.78, 5) is 15.1. The fourth-order valence-electron chi connectivity index (χ4n) is 2.30. The molecule has 0 saturated carbocycles. The SMILES string of the molecule is CCN(CCC#N)C(=O)CN1CCC(O)(C(F)(F)F)CC1. The molecule has 21 heavy (non-hydrogen) atoms. The molecule has 0 atom stereocenters. The van der Waals surface area contributed by atoms with Crippen LogP contribution in [-0.2, 0) is 4.79 Å². The normalized spacial score (nSPS) is 19.0. The Morgan fingerprint density at radius 3 is 2.43 bits per heavy atom. The number of hydrogen-bond acceptors (Lipinski definition) is 4. The van der Waals surface area contributed by atoms with E-state index in [0.717, 1.165) is 0 Å². The number of rotatable bonds is 5. The van der Waals surface area contributed by atoms with E-state index in [4.69, 9.17) is 5.26 Å². The number of halogens is 3. The van der Waals surface area contributed by atoms with Crippen molar-refractivity contribution in [2.24, 2.45) is 0 Å². The smallest absolute Gasteiger partial charge is 0.380 e. The molecule has 1 rings (SSSR count). The average Bonchev–Trinajstić information content (AvgIpc) is 2.41. The summed E-state index contributed by atoms with van der Waals surface area (Å²) < 4.78 is 38.0. The maximum atomic E-state index is 12.7. The zero-order chi connectivity index (χ0) is 16.1. The van der Waals surface area contributed by atoms with Crippen molar-refractivity contribution in [2.45, 2.75) is 38.0 Å². The van der Waals surface area contributed by atoms with E-state index in [1.165, 1.54) is 4.90 Å². The van der Waals surface area contributed by atoms with Crippen LogP contribution in [0.4, 0.5) is 13.2 Å². The highest BCUT2D eigenvalue weighted by Gasteiger charge is 2.54. The molecule has 0 unspecified atom stereocenters. The number of likely N-dealkylation sites (N-methyl/N-ethyl adjacent to an activating group) is 1. The van der Waals surface area contributed by atoms with E-state index in [1.807, 2.05) is 6.07 Å². The molecule has 1 N–H and O–H groups in total. The van der Waals surface area contributed by atoms with E-state index >= 15 is 0 Å². The van der Waals surface area contributed by atoms with Gasteiger partial charge in [0.25, 0.3) is 0 Å². The molecule has 120 valence electrons. The van der Waals surface area contributed by atoms with Crippen molar-refractivity contribution in [2.75, 3.05) is 32.7 Å². The number of alkyl halides is 3. The summed E-state index contributed by atoms with van der Waals surface area (Å²) in [6.45, 7) is 2.64. The quantitative estimate of drug-likeness (QED) is 0.827. The monoisotopic (exact) mass is 307 g/mol. The number of amides is 1. The van der Waals surface area contributed by atoms with Crippen LogP contribution in [0.1, 0.15) is 26.2 Å². The Morgan fingerprint density at radius 2 is 2.00 bits per heavy atom. The third kappa shape index (κ3) is 4.58. The van der Waals surface area contributed by atoms with Gasteiger partial charge in [-0.3, -0.25) is 9.69 Å². The van der Waals surface area contributed by atoms with Crippen LogP contribution in [0.5, 0.6) is 0 Å². The second-order valence-electron chi connectivity index (χ2n) is 5.19. The van der Waals surface area contributed by atoms with Gasteiger partial charge in [-0.1, -0.05) is 0 Å². The van der Waals surface area contributed by atoms with Gasteiger partial charge in [-0.25, -0.2) is 0 Å². The van der Waals surface area contributed by atoms with E-state index in [2.05, 4.69) is 0 Å². The first kappa shape index (κ1) is 17.7. The second-order valence-corrected chi connectivity index (χ2v) is 5.19. The molecule has 0 spiro atoms. The van der Waals surface area contributed by atoms with Crippen molar-refractivity contribution in [3.63, 3.8) is 0 Å². The number of likely N-dealkylation sites (tertiary alicyclic amines) is 1. The Kier molecular flexibility index (Phi) is 5.98. The molecular formula is C13H20F3N3O2. The molecule has 8 heteroatoms. The fourth-order valence-corrected chi connectivity index (χ4v) is 2.30. The molecule has 1 aliphatic heterocycles. The largest absolute Gasteiger partial charge is 0.417 e. The van der Waals surface area contributed by atoms with Crippen LogP contribution in [-0.4, -0.2) is 65.3 Å². The molecule has 1 amide bonds. The van der Waals surface area contributed by atoms with Gasteiger partial charge in [-0.15, -0.1) is 0 Å². The highest BCUT2D eigenvalue weighted by molar-refractivity contribution is 5.78.